The zero-order valence-corrected chi connectivity index (χ0v) is 23.0. The Kier molecular flexibility index (Phi) is 8.86. The van der Waals surface area contributed by atoms with Gasteiger partial charge in [-0.15, -0.1) is 9.24 Å². The van der Waals surface area contributed by atoms with Gasteiger partial charge in [-0.1, -0.05) is 52.3 Å². The highest BCUT2D eigenvalue weighted by molar-refractivity contribution is 9.10. The van der Waals surface area contributed by atoms with Gasteiger partial charge in [0.2, 0.25) is 6.10 Å². The maximum atomic E-state index is 12.7. The first-order chi connectivity index (χ1) is 18.0. The Balaban J connectivity index is 1.33. The lowest BCUT2D eigenvalue weighted by Crippen LogP contribution is -2.51. The number of piperidine rings is 1. The molecule has 3 heterocycles. The van der Waals surface area contributed by atoms with Crippen LogP contribution in [0, 0.1) is 11.3 Å². The van der Waals surface area contributed by atoms with Crippen LogP contribution in [-0.2, 0) is 4.79 Å². The molecule has 0 radical (unpaired) electrons. The highest BCUT2D eigenvalue weighted by atomic mass is 79.9. The molecule has 2 aliphatic heterocycles. The number of aliphatic hydroxyl groups is 1. The highest BCUT2D eigenvalue weighted by Gasteiger charge is 2.46. The number of hydrazone groups is 1. The summed E-state index contributed by atoms with van der Waals surface area (Å²) in [4.78, 5) is 17.1. The topological polar surface area (TPSA) is 119 Å². The average Bonchev–Trinajstić information content (AvgIpc) is 3.32. The molecule has 0 spiro atoms. The summed E-state index contributed by atoms with van der Waals surface area (Å²) in [7, 11) is 2.70. The van der Waals surface area contributed by atoms with E-state index >= 15 is 0 Å². The van der Waals surface area contributed by atoms with Crippen molar-refractivity contribution in [3.05, 3.63) is 54.2 Å². The van der Waals surface area contributed by atoms with Crippen LogP contribution >= 0.6 is 25.2 Å². The van der Waals surface area contributed by atoms with Gasteiger partial charge in [0.1, 0.15) is 12.0 Å². The number of nitrogens with zero attached hydrogens (tertiary/aromatic N) is 4. The van der Waals surface area contributed by atoms with Crippen molar-refractivity contribution in [1.82, 2.24) is 14.9 Å². The number of alkyl halides is 4. The summed E-state index contributed by atoms with van der Waals surface area (Å²) in [5.41, 5.74) is 9.06. The number of hydrogen-bond acceptors (Lipinski definition) is 6. The van der Waals surface area contributed by atoms with Gasteiger partial charge in [-0.3, -0.25) is 15.2 Å². The number of pyridine rings is 1. The van der Waals surface area contributed by atoms with E-state index in [1.807, 2.05) is 42.5 Å². The van der Waals surface area contributed by atoms with Crippen molar-refractivity contribution in [3.63, 3.8) is 0 Å². The highest BCUT2D eigenvalue weighted by Crippen LogP contribution is 2.34. The lowest BCUT2D eigenvalue weighted by atomic mass is 9.90. The van der Waals surface area contributed by atoms with Gasteiger partial charge in [-0.05, 0) is 36.0 Å². The van der Waals surface area contributed by atoms with Crippen LogP contribution in [0.1, 0.15) is 24.3 Å². The smallest absolute Gasteiger partial charge is 0.376 e. The molecule has 13 heteroatoms. The van der Waals surface area contributed by atoms with Gasteiger partial charge in [0.25, 0.3) is 5.91 Å². The van der Waals surface area contributed by atoms with E-state index < -0.39 is 29.2 Å². The van der Waals surface area contributed by atoms with Crippen LogP contribution < -0.4 is 5.73 Å². The minimum atomic E-state index is -4.99. The number of nitrogens with one attached hydrogen (secondary N) is 1. The van der Waals surface area contributed by atoms with Crippen molar-refractivity contribution in [1.29, 1.82) is 5.41 Å². The van der Waals surface area contributed by atoms with Gasteiger partial charge in [0.05, 0.1) is 16.4 Å². The van der Waals surface area contributed by atoms with E-state index in [-0.39, 0.29) is 36.4 Å². The summed E-state index contributed by atoms with van der Waals surface area (Å²) in [6.45, 7) is 0.202. The molecule has 8 nitrogen and oxygen atoms in total. The van der Waals surface area contributed by atoms with Crippen LogP contribution in [0.5, 0.6) is 0 Å². The monoisotopic (exact) mass is 612 g/mol. The molecule has 6 atom stereocenters. The van der Waals surface area contributed by atoms with Crippen LogP contribution in [0.2, 0.25) is 0 Å². The number of likely N-dealkylation sites (tertiary alicyclic amines) is 1. The largest absolute Gasteiger partial charge is 0.423 e. The van der Waals surface area contributed by atoms with Crippen molar-refractivity contribution in [2.24, 2.45) is 16.8 Å². The maximum Gasteiger partial charge on any atom is 0.423 e. The molecule has 38 heavy (non-hydrogen) atoms. The number of amidine groups is 1. The Morgan fingerprint density at radius 1 is 1.18 bits per heavy atom. The van der Waals surface area contributed by atoms with E-state index in [9.17, 15) is 23.1 Å². The standard InChI is InChI=1S/C25H29BrF3N6O2P/c26-19(20(38)15-8-10-34(11-9-15)24(37)21(36)25(27,28)29)23(31)35-22(30)17(13-33-35)16-6-7-18(32-12-16)14-4-2-1-3-5-14/h1-7,12-13,15,17,19-22,31,36H,8-11,30,38H2. The molecule has 1 amide bonds. The summed E-state index contributed by atoms with van der Waals surface area (Å²) in [6, 6.07) is 13.7. The van der Waals surface area contributed by atoms with E-state index in [2.05, 4.69) is 35.3 Å². The van der Waals surface area contributed by atoms with Crippen LogP contribution in [0.4, 0.5) is 13.2 Å². The molecule has 204 valence electrons. The number of halogens is 4. The van der Waals surface area contributed by atoms with Crippen molar-refractivity contribution in [3.8, 4) is 11.3 Å². The third kappa shape index (κ3) is 6.09. The third-order valence-electron chi connectivity index (χ3n) is 7.03. The van der Waals surface area contributed by atoms with Gasteiger partial charge in [0.15, 0.2) is 0 Å². The summed E-state index contributed by atoms with van der Waals surface area (Å²) < 4.78 is 38.1. The molecule has 2 aliphatic rings. The fourth-order valence-corrected chi connectivity index (χ4v) is 5.92. The second-order valence-electron chi connectivity index (χ2n) is 9.44. The molecule has 0 saturated carbocycles. The average molecular weight is 613 g/mol. The molecule has 1 saturated heterocycles. The zero-order chi connectivity index (χ0) is 27.6. The molecule has 0 bridgehead atoms. The van der Waals surface area contributed by atoms with Crippen molar-refractivity contribution < 1.29 is 23.1 Å². The number of carbonyl (C=O) groups is 1. The minimum absolute atomic E-state index is 0.0186. The van der Waals surface area contributed by atoms with Gasteiger partial charge in [-0.2, -0.15) is 18.3 Å². The lowest BCUT2D eigenvalue weighted by Gasteiger charge is -2.38. The van der Waals surface area contributed by atoms with Crippen LogP contribution in [-0.4, -0.2) is 80.0 Å². The Morgan fingerprint density at radius 3 is 2.42 bits per heavy atom. The van der Waals surface area contributed by atoms with Crippen LogP contribution in [0.15, 0.2) is 53.8 Å². The predicted octanol–water partition coefficient (Wildman–Crippen LogP) is 3.56. The van der Waals surface area contributed by atoms with Crippen molar-refractivity contribution in [2.45, 2.75) is 47.7 Å². The van der Waals surface area contributed by atoms with Crippen LogP contribution in [0.25, 0.3) is 11.3 Å². The molecule has 1 aromatic heterocycles. The van der Waals surface area contributed by atoms with Gasteiger partial charge >= 0.3 is 6.18 Å². The molecular weight excluding hydrogens is 584 g/mol. The third-order valence-corrected chi connectivity index (χ3v) is 9.57. The Morgan fingerprint density at radius 2 is 1.84 bits per heavy atom. The van der Waals surface area contributed by atoms with Crippen molar-refractivity contribution >= 4 is 43.1 Å². The van der Waals surface area contributed by atoms with Gasteiger partial charge < -0.3 is 15.7 Å². The summed E-state index contributed by atoms with van der Waals surface area (Å²) in [6.07, 6.45) is -4.25. The summed E-state index contributed by atoms with van der Waals surface area (Å²) in [5.74, 6) is -1.40. The second-order valence-corrected chi connectivity index (χ2v) is 11.2. The zero-order valence-electron chi connectivity index (χ0n) is 20.3. The SMILES string of the molecule is N=C(C(Br)C(P)C1CCN(C(=O)C(O)C(F)(F)F)CC1)N1N=CC(c2ccc(-c3ccccc3)nc2)C1N. The number of carbonyl (C=O) groups excluding carboxylic acids is 1. The lowest BCUT2D eigenvalue weighted by molar-refractivity contribution is -0.211. The first-order valence-corrected chi connectivity index (χ1v) is 13.7. The normalized spacial score (nSPS) is 22.8. The molecular formula is C25H29BrF3N6O2P. The molecule has 4 rings (SSSR count). The number of hydrogen-bond donors (Lipinski definition) is 3. The predicted molar refractivity (Wildman–Crippen MR) is 146 cm³/mol. The molecule has 6 unspecified atom stereocenters. The molecule has 0 aliphatic carbocycles. The fraction of sp³-hybridized carbons (Fsp3) is 0.440. The Hall–Kier alpha value is -2.40. The first-order valence-electron chi connectivity index (χ1n) is 12.1. The molecule has 4 N–H and O–H groups in total. The van der Waals surface area contributed by atoms with E-state index in [4.69, 9.17) is 11.1 Å². The molecule has 1 fully saturated rings. The number of nitrogens with two attached hydrogens (primary N) is 1. The fourth-order valence-electron chi connectivity index (χ4n) is 4.71. The second kappa shape index (κ2) is 11.8. The number of amides is 1. The quantitative estimate of drug-likeness (QED) is 0.199. The maximum absolute atomic E-state index is 12.7. The minimum Gasteiger partial charge on any atom is -0.376 e. The number of rotatable bonds is 6. The number of benzene rings is 1. The van der Waals surface area contributed by atoms with Gasteiger partial charge in [-0.25, -0.2) is 5.01 Å². The number of aliphatic hydroxyl groups excluding tert-OH is 1. The molecule has 1 aromatic carbocycles. The Bertz CT molecular complexity index is 1160. The summed E-state index contributed by atoms with van der Waals surface area (Å²) in [5, 5.41) is 23.9. The molecule has 2 aromatic rings. The van der Waals surface area contributed by atoms with E-state index in [0.29, 0.717) is 12.8 Å². The van der Waals surface area contributed by atoms with E-state index in [1.165, 1.54) is 5.01 Å². The number of aromatic nitrogens is 1. The summed E-state index contributed by atoms with van der Waals surface area (Å²) >= 11 is 3.59. The van der Waals surface area contributed by atoms with E-state index in [1.54, 1.807) is 12.4 Å². The van der Waals surface area contributed by atoms with E-state index in [0.717, 1.165) is 21.7 Å². The van der Waals surface area contributed by atoms with Crippen molar-refractivity contribution in [2.75, 3.05) is 13.1 Å². The van der Waals surface area contributed by atoms with Gasteiger partial charge in [0, 0.05) is 31.1 Å². The van der Waals surface area contributed by atoms with Crippen LogP contribution in [0.3, 0.4) is 0 Å². The Labute approximate surface area is 229 Å². The first kappa shape index (κ1) is 28.6.